The van der Waals surface area contributed by atoms with E-state index < -0.39 is 23.8 Å². The molecule has 3 amide bonds. The van der Waals surface area contributed by atoms with Gasteiger partial charge in [0.1, 0.15) is 11.7 Å². The molecule has 11 nitrogen and oxygen atoms in total. The van der Waals surface area contributed by atoms with Crippen LogP contribution in [0.3, 0.4) is 0 Å². The number of carbonyl (C=O) groups is 3. The third-order valence-corrected chi connectivity index (χ3v) is 10.8. The van der Waals surface area contributed by atoms with Gasteiger partial charge >= 0.3 is 6.18 Å². The van der Waals surface area contributed by atoms with Crippen LogP contribution in [0.25, 0.3) is 6.08 Å². The minimum absolute atomic E-state index is 0.0561. The van der Waals surface area contributed by atoms with Crippen LogP contribution in [-0.2, 0) is 40.1 Å². The van der Waals surface area contributed by atoms with Crippen molar-refractivity contribution in [2.45, 2.75) is 45.1 Å². The van der Waals surface area contributed by atoms with Crippen molar-refractivity contribution in [3.8, 4) is 0 Å². The lowest BCUT2D eigenvalue weighted by Crippen LogP contribution is -2.56. The predicted octanol–water partition coefficient (Wildman–Crippen LogP) is 5.56. The molecule has 1 unspecified atom stereocenters. The van der Waals surface area contributed by atoms with Gasteiger partial charge in [0, 0.05) is 116 Å². The Hall–Kier alpha value is -5.73. The van der Waals surface area contributed by atoms with Crippen LogP contribution in [0.1, 0.15) is 41.3 Å². The third kappa shape index (κ3) is 12.1. The van der Waals surface area contributed by atoms with Crippen molar-refractivity contribution in [1.82, 2.24) is 24.6 Å². The third-order valence-electron chi connectivity index (χ3n) is 10.8. The largest absolute Gasteiger partial charge is 0.433 e. The Bertz CT molecular complexity index is 2000. The summed E-state index contributed by atoms with van der Waals surface area (Å²) >= 11 is 0. The topological polar surface area (TPSA) is 113 Å². The fourth-order valence-electron chi connectivity index (χ4n) is 7.37. The second-order valence-electron chi connectivity index (χ2n) is 14.9. The van der Waals surface area contributed by atoms with Gasteiger partial charge in [-0.2, -0.15) is 13.2 Å². The first-order valence-corrected chi connectivity index (χ1v) is 20.1. The Morgan fingerprint density at radius 1 is 0.814 bits per heavy atom. The predicted molar refractivity (Wildman–Crippen MR) is 222 cm³/mol. The number of anilines is 2. The van der Waals surface area contributed by atoms with E-state index in [1.807, 2.05) is 76.5 Å². The van der Waals surface area contributed by atoms with E-state index >= 15 is 0 Å². The molecular weight excluding hydrogens is 760 g/mol. The number of nitrogens with zero attached hydrogens (tertiary/aromatic N) is 6. The number of hydrogen-bond acceptors (Lipinski definition) is 8. The van der Waals surface area contributed by atoms with Gasteiger partial charge in [-0.05, 0) is 65.1 Å². The Morgan fingerprint density at radius 2 is 1.47 bits per heavy atom. The van der Waals surface area contributed by atoms with E-state index in [1.54, 1.807) is 11.8 Å². The molecule has 2 saturated heterocycles. The van der Waals surface area contributed by atoms with Crippen molar-refractivity contribution in [2.24, 2.45) is 0 Å². The van der Waals surface area contributed by atoms with Crippen molar-refractivity contribution in [1.29, 1.82) is 0 Å². The number of halogens is 3. The molecule has 1 atom stereocenters. The zero-order chi connectivity index (χ0) is 41.8. The fraction of sp³-hybridized carbons (Fsp3) is 0.378. The van der Waals surface area contributed by atoms with Gasteiger partial charge in [-0.25, -0.2) is 0 Å². The van der Waals surface area contributed by atoms with E-state index in [9.17, 15) is 27.6 Å². The van der Waals surface area contributed by atoms with Crippen molar-refractivity contribution >= 4 is 35.2 Å². The summed E-state index contributed by atoms with van der Waals surface area (Å²) in [4.78, 5) is 54.1. The fourth-order valence-corrected chi connectivity index (χ4v) is 7.37. The zero-order valence-electron chi connectivity index (χ0n) is 33.4. The SMILES string of the molecule is CC(=O)N1CCN(c2ccc(CN(C(=O)C=Cc3ccc(C(F)(F)F)nc3)C(Cc3ccccc3)C(=O)N3CCN(Cc4ccc(NCCCO)cc4)CC3)cc2)CC1. The number of alkyl halides is 3. The smallest absolute Gasteiger partial charge is 0.396 e. The molecule has 4 aromatic rings. The monoisotopic (exact) mass is 811 g/mol. The van der Waals surface area contributed by atoms with Crippen LogP contribution < -0.4 is 10.2 Å². The maximum Gasteiger partial charge on any atom is 0.433 e. The molecule has 6 rings (SSSR count). The van der Waals surface area contributed by atoms with E-state index in [4.69, 9.17) is 5.11 Å². The van der Waals surface area contributed by atoms with Gasteiger partial charge in [-0.3, -0.25) is 24.3 Å². The van der Waals surface area contributed by atoms with E-state index in [1.165, 1.54) is 18.2 Å². The Labute approximate surface area is 343 Å². The minimum atomic E-state index is -4.59. The number of rotatable bonds is 15. The first kappa shape index (κ1) is 42.9. The molecule has 0 bridgehead atoms. The molecule has 1 aromatic heterocycles. The summed E-state index contributed by atoms with van der Waals surface area (Å²) in [5, 5.41) is 12.3. The molecule has 0 spiro atoms. The summed E-state index contributed by atoms with van der Waals surface area (Å²) in [6, 6.07) is 26.9. The number of benzene rings is 3. The highest BCUT2D eigenvalue weighted by Gasteiger charge is 2.35. The van der Waals surface area contributed by atoms with Crippen LogP contribution >= 0.6 is 0 Å². The van der Waals surface area contributed by atoms with Gasteiger partial charge in [0.05, 0.1) is 0 Å². The standard InChI is InChI=1S/C45H52F3N7O4/c1-34(57)52-25-27-53(28-26-52)40-16-10-38(11-17-40)33-55(43(58)19-13-36-12-18-42(50-31-36)45(46,47)48)41(30-35-6-3-2-4-7-35)44(59)54-23-21-51(22-24-54)32-37-8-14-39(15-9-37)49-20-5-29-56/h2-4,6-19,31,41,49,56H,5,20-30,32-33H2,1H3. The molecule has 2 N–H and O–H groups in total. The van der Waals surface area contributed by atoms with Crippen molar-refractivity contribution in [3.05, 3.63) is 131 Å². The highest BCUT2D eigenvalue weighted by atomic mass is 19.4. The van der Waals surface area contributed by atoms with Gasteiger partial charge in [-0.1, -0.05) is 60.7 Å². The number of aliphatic hydroxyl groups is 1. The number of piperazine rings is 2. The van der Waals surface area contributed by atoms with Gasteiger partial charge in [0.25, 0.3) is 0 Å². The number of aromatic nitrogens is 1. The molecule has 3 aromatic carbocycles. The lowest BCUT2D eigenvalue weighted by molar-refractivity contribution is -0.145. The number of amides is 3. The highest BCUT2D eigenvalue weighted by molar-refractivity contribution is 5.95. The molecule has 3 heterocycles. The molecule has 2 aliphatic heterocycles. The van der Waals surface area contributed by atoms with Gasteiger partial charge < -0.3 is 30.0 Å². The van der Waals surface area contributed by atoms with Crippen molar-refractivity contribution in [2.75, 3.05) is 75.7 Å². The second kappa shape index (κ2) is 20.3. The molecule has 0 aliphatic carbocycles. The highest BCUT2D eigenvalue weighted by Crippen LogP contribution is 2.28. The van der Waals surface area contributed by atoms with Gasteiger partial charge in [-0.15, -0.1) is 0 Å². The molecule has 0 radical (unpaired) electrons. The van der Waals surface area contributed by atoms with E-state index in [2.05, 4.69) is 32.2 Å². The zero-order valence-corrected chi connectivity index (χ0v) is 33.4. The van der Waals surface area contributed by atoms with Crippen LogP contribution in [0.2, 0.25) is 0 Å². The van der Waals surface area contributed by atoms with E-state index in [0.29, 0.717) is 70.9 Å². The summed E-state index contributed by atoms with van der Waals surface area (Å²) in [5.41, 5.74) is 4.11. The molecule has 59 heavy (non-hydrogen) atoms. The molecule has 2 fully saturated rings. The summed E-state index contributed by atoms with van der Waals surface area (Å²) in [6.45, 7) is 8.17. The quantitative estimate of drug-likeness (QED) is 0.119. The average molecular weight is 812 g/mol. The van der Waals surface area contributed by atoms with Crippen LogP contribution in [0.5, 0.6) is 0 Å². The number of hydrogen-bond donors (Lipinski definition) is 2. The number of nitrogens with one attached hydrogen (secondary N) is 1. The van der Waals surface area contributed by atoms with Gasteiger partial charge in [0.15, 0.2) is 0 Å². The van der Waals surface area contributed by atoms with Crippen molar-refractivity contribution < 1.29 is 32.7 Å². The van der Waals surface area contributed by atoms with Crippen LogP contribution in [-0.4, -0.2) is 119 Å². The number of carbonyl (C=O) groups excluding carboxylic acids is 3. The second-order valence-corrected chi connectivity index (χ2v) is 14.9. The molecule has 14 heteroatoms. The lowest BCUT2D eigenvalue weighted by Gasteiger charge is -2.39. The van der Waals surface area contributed by atoms with E-state index in [-0.39, 0.29) is 31.4 Å². The Kier molecular flexibility index (Phi) is 14.7. The Morgan fingerprint density at radius 3 is 2.08 bits per heavy atom. The lowest BCUT2D eigenvalue weighted by atomic mass is 10.0. The maximum atomic E-state index is 14.7. The van der Waals surface area contributed by atoms with E-state index in [0.717, 1.165) is 46.9 Å². The summed E-state index contributed by atoms with van der Waals surface area (Å²) in [7, 11) is 0. The number of pyridine rings is 1. The summed E-state index contributed by atoms with van der Waals surface area (Å²) in [5.74, 6) is -0.582. The van der Waals surface area contributed by atoms with Crippen molar-refractivity contribution in [3.63, 3.8) is 0 Å². The molecule has 2 aliphatic rings. The molecular formula is C45H52F3N7O4. The summed E-state index contributed by atoms with van der Waals surface area (Å²) < 4.78 is 39.6. The average Bonchev–Trinajstić information content (AvgIpc) is 3.25. The minimum Gasteiger partial charge on any atom is -0.396 e. The maximum absolute atomic E-state index is 14.7. The Balaban J connectivity index is 1.21. The molecule has 312 valence electrons. The first-order chi connectivity index (χ1) is 28.5. The first-order valence-electron chi connectivity index (χ1n) is 20.1. The normalized spacial score (nSPS) is 15.6. The van der Waals surface area contributed by atoms with Crippen LogP contribution in [0.15, 0.2) is 103 Å². The van der Waals surface area contributed by atoms with Gasteiger partial charge in [0.2, 0.25) is 17.7 Å². The number of aliphatic hydroxyl groups excluding tert-OH is 1. The molecule has 0 saturated carbocycles. The summed E-state index contributed by atoms with van der Waals surface area (Å²) in [6.07, 6.45) is 0.141. The van der Waals surface area contributed by atoms with Crippen LogP contribution in [0.4, 0.5) is 24.5 Å². The van der Waals surface area contributed by atoms with Crippen LogP contribution in [0, 0.1) is 0 Å².